The minimum absolute atomic E-state index is 0.131. The molecule has 0 aromatic carbocycles. The van der Waals surface area contributed by atoms with Crippen molar-refractivity contribution in [2.45, 2.75) is 58.0 Å². The quantitative estimate of drug-likeness (QED) is 0.810. The first kappa shape index (κ1) is 14.8. The van der Waals surface area contributed by atoms with Crippen LogP contribution in [0.15, 0.2) is 0 Å². The maximum Gasteiger partial charge on any atom is 0.234 e. The van der Waals surface area contributed by atoms with E-state index in [4.69, 9.17) is 0 Å². The highest BCUT2D eigenvalue weighted by molar-refractivity contribution is 5.78. The number of rotatable bonds is 4. The highest BCUT2D eigenvalue weighted by Gasteiger charge is 2.30. The zero-order chi connectivity index (χ0) is 13.8. The Kier molecular flexibility index (Phi) is 5.22. The number of likely N-dealkylation sites (tertiary alicyclic amines) is 1. The molecule has 2 fully saturated rings. The molecule has 1 saturated carbocycles. The van der Waals surface area contributed by atoms with Crippen molar-refractivity contribution in [2.75, 3.05) is 19.7 Å². The lowest BCUT2D eigenvalue weighted by atomic mass is 9.78. The van der Waals surface area contributed by atoms with Gasteiger partial charge in [0, 0.05) is 12.1 Å². The number of hydrogen-bond donors (Lipinski definition) is 2. The Morgan fingerprint density at radius 2 is 2.05 bits per heavy atom. The second kappa shape index (κ2) is 6.71. The van der Waals surface area contributed by atoms with Crippen molar-refractivity contribution in [3.63, 3.8) is 0 Å². The second-order valence-corrected chi connectivity index (χ2v) is 6.39. The molecule has 0 aromatic rings. The van der Waals surface area contributed by atoms with E-state index in [0.717, 1.165) is 25.8 Å². The monoisotopic (exact) mass is 268 g/mol. The molecule has 0 radical (unpaired) electrons. The summed E-state index contributed by atoms with van der Waals surface area (Å²) in [6.07, 6.45) is 5.72. The first-order valence-electron chi connectivity index (χ1n) is 7.76. The Balaban J connectivity index is 1.80. The van der Waals surface area contributed by atoms with Crippen LogP contribution in [0.25, 0.3) is 0 Å². The summed E-state index contributed by atoms with van der Waals surface area (Å²) in [5.74, 6) is 1.41. The average Bonchev–Trinajstić information content (AvgIpc) is 2.82. The first-order chi connectivity index (χ1) is 9.11. The fraction of sp³-hybridized carbons (Fsp3) is 0.933. The molecule has 1 heterocycles. The molecule has 19 heavy (non-hydrogen) atoms. The van der Waals surface area contributed by atoms with Gasteiger partial charge in [-0.15, -0.1) is 0 Å². The third kappa shape index (κ3) is 3.69. The lowest BCUT2D eigenvalue weighted by Gasteiger charge is -2.35. The number of nitrogens with one attached hydrogen (secondary N) is 1. The lowest BCUT2D eigenvalue weighted by molar-refractivity contribution is -0.124. The molecule has 4 nitrogen and oxygen atoms in total. The van der Waals surface area contributed by atoms with Gasteiger partial charge in [0.25, 0.3) is 0 Å². The standard InChI is InChI=1S/C15H28N2O2/c1-11-5-3-7-14(12(11)2)16-15(19)9-17-8-4-6-13(17)10-18/h11-14,18H,3-10H2,1-2H3,(H,16,19). The molecule has 2 rings (SSSR count). The molecule has 1 amide bonds. The molecule has 0 spiro atoms. The molecular formula is C15H28N2O2. The predicted molar refractivity (Wildman–Crippen MR) is 75.8 cm³/mol. The third-order valence-corrected chi connectivity index (χ3v) is 5.11. The van der Waals surface area contributed by atoms with Crippen LogP contribution in [0.2, 0.25) is 0 Å². The number of carbonyl (C=O) groups is 1. The van der Waals surface area contributed by atoms with Gasteiger partial charge in [-0.3, -0.25) is 9.69 Å². The van der Waals surface area contributed by atoms with Crippen molar-refractivity contribution in [2.24, 2.45) is 11.8 Å². The number of hydrogen-bond acceptors (Lipinski definition) is 3. The van der Waals surface area contributed by atoms with Crippen molar-refractivity contribution in [1.29, 1.82) is 0 Å². The van der Waals surface area contributed by atoms with Crippen LogP contribution in [-0.4, -0.2) is 47.7 Å². The zero-order valence-electron chi connectivity index (χ0n) is 12.3. The molecule has 4 unspecified atom stereocenters. The van der Waals surface area contributed by atoms with Crippen LogP contribution in [0.3, 0.4) is 0 Å². The molecule has 1 aliphatic heterocycles. The molecule has 0 aromatic heterocycles. The van der Waals surface area contributed by atoms with Crippen LogP contribution < -0.4 is 5.32 Å². The molecule has 4 atom stereocenters. The summed E-state index contributed by atoms with van der Waals surface area (Å²) in [4.78, 5) is 14.3. The summed E-state index contributed by atoms with van der Waals surface area (Å²) in [7, 11) is 0. The van der Waals surface area contributed by atoms with E-state index in [9.17, 15) is 9.90 Å². The van der Waals surface area contributed by atoms with Crippen molar-refractivity contribution >= 4 is 5.91 Å². The van der Waals surface area contributed by atoms with Gasteiger partial charge < -0.3 is 10.4 Å². The maximum atomic E-state index is 12.1. The molecule has 1 aliphatic carbocycles. The van der Waals surface area contributed by atoms with E-state index in [1.165, 1.54) is 12.8 Å². The molecular weight excluding hydrogens is 240 g/mol. The smallest absolute Gasteiger partial charge is 0.234 e. The van der Waals surface area contributed by atoms with Gasteiger partial charge in [-0.1, -0.05) is 26.7 Å². The van der Waals surface area contributed by atoms with Crippen molar-refractivity contribution in [3.8, 4) is 0 Å². The van der Waals surface area contributed by atoms with Gasteiger partial charge >= 0.3 is 0 Å². The van der Waals surface area contributed by atoms with Crippen LogP contribution in [-0.2, 0) is 4.79 Å². The molecule has 4 heteroatoms. The molecule has 2 aliphatic rings. The summed E-state index contributed by atoms with van der Waals surface area (Å²) in [6.45, 7) is 6.09. The molecule has 110 valence electrons. The topological polar surface area (TPSA) is 52.6 Å². The van der Waals surface area contributed by atoms with Crippen LogP contribution in [0.5, 0.6) is 0 Å². The Bertz CT molecular complexity index is 309. The van der Waals surface area contributed by atoms with Crippen LogP contribution in [0.1, 0.15) is 46.0 Å². The van der Waals surface area contributed by atoms with Gasteiger partial charge in [0.2, 0.25) is 5.91 Å². The van der Waals surface area contributed by atoms with E-state index in [-0.39, 0.29) is 18.6 Å². The third-order valence-electron chi connectivity index (χ3n) is 5.11. The van der Waals surface area contributed by atoms with Crippen LogP contribution in [0.4, 0.5) is 0 Å². The van der Waals surface area contributed by atoms with E-state index < -0.39 is 0 Å². The predicted octanol–water partition coefficient (Wildman–Crippen LogP) is 1.38. The summed E-state index contributed by atoms with van der Waals surface area (Å²) in [5, 5.41) is 12.5. The first-order valence-corrected chi connectivity index (χ1v) is 7.76. The highest BCUT2D eigenvalue weighted by Crippen LogP contribution is 2.29. The number of aliphatic hydroxyl groups excluding tert-OH is 1. The summed E-state index contributed by atoms with van der Waals surface area (Å²) in [6, 6.07) is 0.528. The highest BCUT2D eigenvalue weighted by atomic mass is 16.3. The largest absolute Gasteiger partial charge is 0.395 e. The number of nitrogens with zero attached hydrogens (tertiary/aromatic N) is 1. The molecule has 2 N–H and O–H groups in total. The van der Waals surface area contributed by atoms with Gasteiger partial charge in [-0.2, -0.15) is 0 Å². The second-order valence-electron chi connectivity index (χ2n) is 6.39. The van der Waals surface area contributed by atoms with Crippen molar-refractivity contribution in [3.05, 3.63) is 0 Å². The van der Waals surface area contributed by atoms with Crippen LogP contribution in [0, 0.1) is 11.8 Å². The minimum atomic E-state index is 0.131. The van der Waals surface area contributed by atoms with Crippen LogP contribution >= 0.6 is 0 Å². The Morgan fingerprint density at radius 3 is 2.79 bits per heavy atom. The van der Waals surface area contributed by atoms with Crippen molar-refractivity contribution in [1.82, 2.24) is 10.2 Å². The Morgan fingerprint density at radius 1 is 1.26 bits per heavy atom. The summed E-state index contributed by atoms with van der Waals surface area (Å²) < 4.78 is 0. The minimum Gasteiger partial charge on any atom is -0.395 e. The number of aliphatic hydroxyl groups is 1. The lowest BCUT2D eigenvalue weighted by Crippen LogP contribution is -2.48. The Hall–Kier alpha value is -0.610. The maximum absolute atomic E-state index is 12.1. The molecule has 0 bridgehead atoms. The van der Waals surface area contributed by atoms with Gasteiger partial charge in [0.15, 0.2) is 0 Å². The summed E-state index contributed by atoms with van der Waals surface area (Å²) in [5.41, 5.74) is 0. The average molecular weight is 268 g/mol. The zero-order valence-corrected chi connectivity index (χ0v) is 12.3. The number of amides is 1. The fourth-order valence-electron chi connectivity index (χ4n) is 3.53. The van der Waals surface area contributed by atoms with E-state index in [1.54, 1.807) is 0 Å². The SMILES string of the molecule is CC1CCCC(NC(=O)CN2CCCC2CO)C1C. The van der Waals surface area contributed by atoms with Gasteiger partial charge in [0.1, 0.15) is 0 Å². The summed E-state index contributed by atoms with van der Waals surface area (Å²) >= 11 is 0. The molecule has 1 saturated heterocycles. The number of carbonyl (C=O) groups excluding carboxylic acids is 1. The normalized spacial score (nSPS) is 36.4. The van der Waals surface area contributed by atoms with E-state index in [0.29, 0.717) is 24.4 Å². The van der Waals surface area contributed by atoms with E-state index in [2.05, 4.69) is 24.1 Å². The fourth-order valence-corrected chi connectivity index (χ4v) is 3.53. The van der Waals surface area contributed by atoms with E-state index in [1.807, 2.05) is 0 Å². The Labute approximate surface area is 116 Å². The van der Waals surface area contributed by atoms with Gasteiger partial charge in [-0.25, -0.2) is 0 Å². The van der Waals surface area contributed by atoms with Gasteiger partial charge in [-0.05, 0) is 37.6 Å². The van der Waals surface area contributed by atoms with E-state index >= 15 is 0 Å². The van der Waals surface area contributed by atoms with Gasteiger partial charge in [0.05, 0.1) is 13.2 Å². The van der Waals surface area contributed by atoms with Crippen molar-refractivity contribution < 1.29 is 9.90 Å².